The van der Waals surface area contributed by atoms with Crippen molar-refractivity contribution in [2.24, 2.45) is 0 Å². The Bertz CT molecular complexity index is 1020. The number of hydrogen-bond acceptors (Lipinski definition) is 4. The van der Waals surface area contributed by atoms with Crippen molar-refractivity contribution in [1.29, 1.82) is 0 Å². The van der Waals surface area contributed by atoms with Gasteiger partial charge < -0.3 is 10.1 Å². The Kier molecular flexibility index (Phi) is 7.97. The van der Waals surface area contributed by atoms with Gasteiger partial charge >= 0.3 is 0 Å². The lowest BCUT2D eigenvalue weighted by atomic mass is 10.1. The molecule has 3 aromatic carbocycles. The summed E-state index contributed by atoms with van der Waals surface area (Å²) in [5, 5.41) is 3.41. The van der Waals surface area contributed by atoms with E-state index in [4.69, 9.17) is 4.74 Å². The van der Waals surface area contributed by atoms with Crippen molar-refractivity contribution in [3.8, 4) is 0 Å². The van der Waals surface area contributed by atoms with Crippen LogP contribution in [0, 0.1) is 0 Å². The quantitative estimate of drug-likeness (QED) is 0.461. The third-order valence-corrected chi connectivity index (χ3v) is 6.47. The lowest BCUT2D eigenvalue weighted by Crippen LogP contribution is -2.29. The third-order valence-electron chi connectivity index (χ3n) is 4.69. The third kappa shape index (κ3) is 6.66. The largest absolute Gasteiger partial charge is 0.375 e. The summed E-state index contributed by atoms with van der Waals surface area (Å²) < 4.78 is 31.1. The van der Waals surface area contributed by atoms with Crippen LogP contribution in [-0.4, -0.2) is 27.3 Å². The Balaban J connectivity index is 1.58. The van der Waals surface area contributed by atoms with Crippen molar-refractivity contribution in [3.63, 3.8) is 0 Å². The van der Waals surface area contributed by atoms with E-state index in [0.29, 0.717) is 30.2 Å². The molecule has 0 aromatic heterocycles. The monoisotopic (exact) mass is 421 g/mol. The molecule has 0 fully saturated rings. The summed E-state index contributed by atoms with van der Waals surface area (Å²) in [4.78, 5) is 0.317. The zero-order chi connectivity index (χ0) is 21.2. The molecule has 0 aliphatic rings. The lowest BCUT2D eigenvalue weighted by Gasteiger charge is -2.20. The molecule has 4 nitrogen and oxygen atoms in total. The molecular weight excluding hydrogens is 394 g/mol. The van der Waals surface area contributed by atoms with Crippen molar-refractivity contribution in [2.45, 2.75) is 17.5 Å². The number of benzene rings is 3. The molecule has 156 valence electrons. The van der Waals surface area contributed by atoms with Crippen molar-refractivity contribution >= 4 is 9.84 Å². The fourth-order valence-corrected chi connectivity index (χ4v) is 4.50. The smallest absolute Gasteiger partial charge is 0.182 e. The van der Waals surface area contributed by atoms with Crippen LogP contribution in [0.2, 0.25) is 0 Å². The molecule has 1 N–H and O–H groups in total. The van der Waals surface area contributed by atoms with E-state index in [-0.39, 0.29) is 11.8 Å². The first-order chi connectivity index (χ1) is 14.5. The number of sulfone groups is 1. The molecule has 0 heterocycles. The zero-order valence-electron chi connectivity index (χ0n) is 16.9. The van der Waals surface area contributed by atoms with Gasteiger partial charge in [-0.25, -0.2) is 8.42 Å². The summed E-state index contributed by atoms with van der Waals surface area (Å²) in [5.41, 5.74) is 2.81. The molecule has 3 rings (SSSR count). The highest BCUT2D eigenvalue weighted by Gasteiger charge is 2.17. The van der Waals surface area contributed by atoms with Gasteiger partial charge in [-0.15, -0.1) is 0 Å². The summed E-state index contributed by atoms with van der Waals surface area (Å²) in [5.74, 6) is -0.0869. The minimum atomic E-state index is -3.40. The van der Waals surface area contributed by atoms with E-state index in [9.17, 15) is 8.42 Å². The van der Waals surface area contributed by atoms with Crippen LogP contribution in [0.5, 0.6) is 0 Å². The van der Waals surface area contributed by atoms with E-state index in [1.165, 1.54) is 0 Å². The minimum absolute atomic E-state index is 0.0638. The Morgan fingerprint density at radius 1 is 0.867 bits per heavy atom. The first-order valence-electron chi connectivity index (χ1n) is 9.89. The highest BCUT2D eigenvalue weighted by molar-refractivity contribution is 7.91. The van der Waals surface area contributed by atoms with Gasteiger partial charge in [-0.2, -0.15) is 0 Å². The molecule has 0 radical (unpaired) electrons. The molecular formula is C25H27NO3S. The predicted molar refractivity (Wildman–Crippen MR) is 121 cm³/mol. The predicted octanol–water partition coefficient (Wildman–Crippen LogP) is 4.56. The van der Waals surface area contributed by atoms with Gasteiger partial charge in [0.2, 0.25) is 0 Å². The number of rotatable bonds is 11. The van der Waals surface area contributed by atoms with Crippen LogP contribution in [-0.2, 0) is 21.2 Å². The summed E-state index contributed by atoms with van der Waals surface area (Å²) in [6.45, 7) is 5.36. The number of nitrogens with one attached hydrogen (secondary N) is 1. The second kappa shape index (κ2) is 10.9. The fraction of sp³-hybridized carbons (Fsp3) is 0.200. The molecule has 30 heavy (non-hydrogen) atoms. The molecule has 0 unspecified atom stereocenters. The maximum atomic E-state index is 12.6. The Labute approximate surface area is 179 Å². The molecule has 0 aliphatic heterocycles. The number of hydrogen-bond donors (Lipinski definition) is 1. The molecule has 3 aromatic rings. The fourth-order valence-electron chi connectivity index (χ4n) is 3.13. The second-order valence-electron chi connectivity index (χ2n) is 7.17. The highest BCUT2D eigenvalue weighted by Crippen LogP contribution is 2.16. The molecule has 0 aliphatic carbocycles. The normalized spacial score (nSPS) is 12.4. The van der Waals surface area contributed by atoms with Gasteiger partial charge in [-0.3, -0.25) is 0 Å². The standard InChI is InChI=1S/C25H27NO3S/c1-21(20-30(27,28)24-15-9-4-10-16-24)17-26-25(23-13-7-3-8-14-23)19-29-18-22-11-5-2-6-12-22/h2-16,25-26H,1,17-20H2/t25-/m1/s1. The topological polar surface area (TPSA) is 55.4 Å². The Hall–Kier alpha value is -2.73. The molecule has 5 heteroatoms. The summed E-state index contributed by atoms with van der Waals surface area (Å²) in [6, 6.07) is 28.4. The van der Waals surface area contributed by atoms with Crippen LogP contribution < -0.4 is 5.32 Å². The van der Waals surface area contributed by atoms with Gasteiger partial charge in [0.05, 0.1) is 29.9 Å². The van der Waals surface area contributed by atoms with E-state index in [1.807, 2.05) is 60.7 Å². The Morgan fingerprint density at radius 3 is 2.07 bits per heavy atom. The molecule has 0 bridgehead atoms. The zero-order valence-corrected chi connectivity index (χ0v) is 17.7. The summed E-state index contributed by atoms with van der Waals surface area (Å²) in [7, 11) is -3.40. The Morgan fingerprint density at radius 2 is 1.43 bits per heavy atom. The average Bonchev–Trinajstić information content (AvgIpc) is 2.78. The summed E-state index contributed by atoms with van der Waals surface area (Å²) in [6.07, 6.45) is 0. The first kappa shape index (κ1) is 22.0. The van der Waals surface area contributed by atoms with E-state index in [1.54, 1.807) is 30.3 Å². The van der Waals surface area contributed by atoms with Crippen LogP contribution in [0.1, 0.15) is 17.2 Å². The van der Waals surface area contributed by atoms with Crippen LogP contribution in [0.25, 0.3) is 0 Å². The van der Waals surface area contributed by atoms with Crippen LogP contribution in [0.4, 0.5) is 0 Å². The highest BCUT2D eigenvalue weighted by atomic mass is 32.2. The van der Waals surface area contributed by atoms with Gasteiger partial charge in [-0.1, -0.05) is 85.4 Å². The van der Waals surface area contributed by atoms with Crippen molar-refractivity contribution in [3.05, 3.63) is 114 Å². The first-order valence-corrected chi connectivity index (χ1v) is 11.5. The van der Waals surface area contributed by atoms with Crippen LogP contribution in [0.15, 0.2) is 108 Å². The molecule has 0 spiro atoms. The molecule has 0 saturated heterocycles. The minimum Gasteiger partial charge on any atom is -0.375 e. The van der Waals surface area contributed by atoms with E-state index < -0.39 is 9.84 Å². The van der Waals surface area contributed by atoms with Gasteiger partial charge in [-0.05, 0) is 28.8 Å². The lowest BCUT2D eigenvalue weighted by molar-refractivity contribution is 0.0993. The van der Waals surface area contributed by atoms with Gasteiger partial charge in [0.25, 0.3) is 0 Å². The maximum absolute atomic E-state index is 12.6. The van der Waals surface area contributed by atoms with E-state index in [0.717, 1.165) is 11.1 Å². The maximum Gasteiger partial charge on any atom is 0.182 e. The SMILES string of the molecule is C=C(CN[C@H](COCc1ccccc1)c1ccccc1)CS(=O)(=O)c1ccccc1. The average molecular weight is 422 g/mol. The molecule has 0 amide bonds. The molecule has 0 saturated carbocycles. The van der Waals surface area contributed by atoms with Crippen molar-refractivity contribution < 1.29 is 13.2 Å². The van der Waals surface area contributed by atoms with Crippen molar-refractivity contribution in [2.75, 3.05) is 18.9 Å². The van der Waals surface area contributed by atoms with Gasteiger partial charge in [0, 0.05) is 6.54 Å². The summed E-state index contributed by atoms with van der Waals surface area (Å²) >= 11 is 0. The second-order valence-corrected chi connectivity index (χ2v) is 9.16. The molecule has 1 atom stereocenters. The van der Waals surface area contributed by atoms with Crippen molar-refractivity contribution in [1.82, 2.24) is 5.32 Å². The van der Waals surface area contributed by atoms with E-state index in [2.05, 4.69) is 11.9 Å². The number of ether oxygens (including phenoxy) is 1. The van der Waals surface area contributed by atoms with Gasteiger partial charge in [0.1, 0.15) is 0 Å². The van der Waals surface area contributed by atoms with Crippen LogP contribution in [0.3, 0.4) is 0 Å². The van der Waals surface area contributed by atoms with Crippen LogP contribution >= 0.6 is 0 Å². The van der Waals surface area contributed by atoms with Gasteiger partial charge in [0.15, 0.2) is 9.84 Å². The van der Waals surface area contributed by atoms with E-state index >= 15 is 0 Å².